The Labute approximate surface area is 205 Å². The van der Waals surface area contributed by atoms with Crippen molar-refractivity contribution in [3.8, 4) is 5.69 Å². The van der Waals surface area contributed by atoms with Gasteiger partial charge in [0.1, 0.15) is 0 Å². The van der Waals surface area contributed by atoms with Gasteiger partial charge in [-0.15, -0.1) is 0 Å². The number of fused-ring (bicyclic) bond motifs is 1. The summed E-state index contributed by atoms with van der Waals surface area (Å²) in [5.41, 5.74) is 12.2. The zero-order valence-electron chi connectivity index (χ0n) is 21.9. The Bertz CT molecular complexity index is 1110. The summed E-state index contributed by atoms with van der Waals surface area (Å²) in [6.45, 7) is 16.7. The van der Waals surface area contributed by atoms with Gasteiger partial charge in [0, 0.05) is 37.0 Å². The van der Waals surface area contributed by atoms with Gasteiger partial charge in [0.25, 0.3) is 0 Å². The van der Waals surface area contributed by atoms with Gasteiger partial charge < -0.3 is 4.74 Å². The maximum Gasteiger partial charge on any atom is 0.0707 e. The van der Waals surface area contributed by atoms with Crippen LogP contribution in [0.15, 0.2) is 36.4 Å². The molecule has 1 aromatic heterocycles. The first kappa shape index (κ1) is 24.7. The minimum absolute atomic E-state index is 0.389. The van der Waals surface area contributed by atoms with Crippen molar-refractivity contribution >= 4 is 0 Å². The summed E-state index contributed by atoms with van der Waals surface area (Å²) in [4.78, 5) is 2.62. The number of hydrogen-bond acceptors (Lipinski definition) is 3. The molecule has 2 heterocycles. The predicted molar refractivity (Wildman–Crippen MR) is 141 cm³/mol. The van der Waals surface area contributed by atoms with Gasteiger partial charge in [0.05, 0.1) is 18.0 Å². The summed E-state index contributed by atoms with van der Waals surface area (Å²) in [7, 11) is 0. The molecule has 0 unspecified atom stereocenters. The fraction of sp³-hybridized carbons (Fsp3) is 0.500. The molecule has 182 valence electrons. The highest BCUT2D eigenvalue weighted by atomic mass is 16.5. The van der Waals surface area contributed by atoms with Crippen molar-refractivity contribution in [1.82, 2.24) is 14.7 Å². The van der Waals surface area contributed by atoms with Crippen LogP contribution < -0.4 is 0 Å². The molecule has 3 aromatic rings. The molecule has 0 aliphatic carbocycles. The Kier molecular flexibility index (Phi) is 7.90. The Morgan fingerprint density at radius 3 is 2.26 bits per heavy atom. The summed E-state index contributed by atoms with van der Waals surface area (Å²) in [6, 6.07) is 13.9. The molecular weight excluding hydrogens is 418 g/mol. The van der Waals surface area contributed by atoms with Crippen LogP contribution >= 0.6 is 0 Å². The summed E-state index contributed by atoms with van der Waals surface area (Å²) in [6.07, 6.45) is 4.02. The molecule has 34 heavy (non-hydrogen) atoms. The normalized spacial score (nSPS) is 16.1. The highest BCUT2D eigenvalue weighted by molar-refractivity contribution is 5.51. The van der Waals surface area contributed by atoms with Crippen LogP contribution in [-0.4, -0.2) is 33.9 Å². The number of benzene rings is 2. The summed E-state index contributed by atoms with van der Waals surface area (Å²) in [5.74, 6) is 0. The maximum atomic E-state index is 5.93. The molecule has 4 nitrogen and oxygen atoms in total. The van der Waals surface area contributed by atoms with Crippen LogP contribution in [0.2, 0.25) is 0 Å². The first-order valence-electron chi connectivity index (χ1n) is 13.1. The lowest BCUT2D eigenvalue weighted by Gasteiger charge is -2.37. The minimum atomic E-state index is 0.389. The monoisotopic (exact) mass is 459 g/mol. The molecule has 1 atom stereocenters. The molecule has 1 aliphatic heterocycles. The third kappa shape index (κ3) is 4.85. The van der Waals surface area contributed by atoms with Crippen molar-refractivity contribution in [3.63, 3.8) is 0 Å². The van der Waals surface area contributed by atoms with E-state index in [1.165, 1.54) is 50.5 Å². The van der Waals surface area contributed by atoms with Crippen molar-refractivity contribution in [1.29, 1.82) is 0 Å². The standard InChI is InChI=1S/C30H41N3O/c1-7-23-15-21(5)30(22(6)16-23)33-29(9-3)27(28(8-2)31-33)19-32-18-25-14-12-11-13-24(25)17-26(32)20-34-10-4/h11-16,26H,7-10,17-20H2,1-6H3/t26-/m1/s1. The predicted octanol–water partition coefficient (Wildman–Crippen LogP) is 6.14. The van der Waals surface area contributed by atoms with E-state index in [2.05, 4.69) is 87.5 Å². The Morgan fingerprint density at radius 1 is 0.941 bits per heavy atom. The van der Waals surface area contributed by atoms with Crippen LogP contribution in [-0.2, 0) is 43.5 Å². The van der Waals surface area contributed by atoms with E-state index in [4.69, 9.17) is 9.84 Å². The molecule has 0 radical (unpaired) electrons. The van der Waals surface area contributed by atoms with Crippen molar-refractivity contribution in [2.24, 2.45) is 0 Å². The van der Waals surface area contributed by atoms with Gasteiger partial charge in [-0.1, -0.05) is 57.2 Å². The van der Waals surface area contributed by atoms with Gasteiger partial charge in [-0.3, -0.25) is 4.90 Å². The zero-order valence-corrected chi connectivity index (χ0v) is 21.9. The second kappa shape index (κ2) is 10.9. The SMILES string of the molecule is CCOC[C@H]1Cc2ccccc2CN1Cc1c(CC)nn(-c2c(C)cc(CC)cc2C)c1CC. The second-order valence-electron chi connectivity index (χ2n) is 9.61. The van der Waals surface area contributed by atoms with Gasteiger partial charge in [0.15, 0.2) is 0 Å². The van der Waals surface area contributed by atoms with E-state index in [-0.39, 0.29) is 0 Å². The minimum Gasteiger partial charge on any atom is -0.380 e. The van der Waals surface area contributed by atoms with E-state index in [0.717, 1.165) is 52.0 Å². The average molecular weight is 460 g/mol. The number of aryl methyl sites for hydroxylation is 4. The molecule has 4 rings (SSSR count). The third-order valence-electron chi connectivity index (χ3n) is 7.35. The largest absolute Gasteiger partial charge is 0.380 e. The van der Waals surface area contributed by atoms with Gasteiger partial charge >= 0.3 is 0 Å². The summed E-state index contributed by atoms with van der Waals surface area (Å²) in [5, 5.41) is 5.20. The second-order valence-corrected chi connectivity index (χ2v) is 9.61. The van der Waals surface area contributed by atoms with E-state index >= 15 is 0 Å². The molecular formula is C30H41N3O. The van der Waals surface area contributed by atoms with Gasteiger partial charge in [-0.2, -0.15) is 5.10 Å². The van der Waals surface area contributed by atoms with E-state index in [0.29, 0.717) is 6.04 Å². The molecule has 0 bridgehead atoms. The number of ether oxygens (including phenoxy) is 1. The smallest absolute Gasteiger partial charge is 0.0707 e. The van der Waals surface area contributed by atoms with E-state index in [1.807, 2.05) is 0 Å². The molecule has 0 fully saturated rings. The molecule has 0 saturated heterocycles. The summed E-state index contributed by atoms with van der Waals surface area (Å²) < 4.78 is 8.19. The molecule has 4 heteroatoms. The number of hydrogen-bond donors (Lipinski definition) is 0. The lowest BCUT2D eigenvalue weighted by molar-refractivity contribution is 0.0511. The highest BCUT2D eigenvalue weighted by Gasteiger charge is 2.29. The first-order chi connectivity index (χ1) is 16.5. The maximum absolute atomic E-state index is 5.93. The van der Waals surface area contributed by atoms with E-state index < -0.39 is 0 Å². The van der Waals surface area contributed by atoms with Crippen LogP contribution in [0.3, 0.4) is 0 Å². The number of aromatic nitrogens is 2. The third-order valence-corrected chi connectivity index (χ3v) is 7.35. The van der Waals surface area contributed by atoms with E-state index in [1.54, 1.807) is 0 Å². The van der Waals surface area contributed by atoms with Crippen LogP contribution in [0, 0.1) is 13.8 Å². The highest BCUT2D eigenvalue weighted by Crippen LogP contribution is 2.30. The van der Waals surface area contributed by atoms with Crippen molar-refractivity contribution < 1.29 is 4.74 Å². The Morgan fingerprint density at radius 2 is 1.65 bits per heavy atom. The molecule has 0 N–H and O–H groups in total. The number of nitrogens with zero attached hydrogens (tertiary/aromatic N) is 3. The molecule has 0 saturated carbocycles. The van der Waals surface area contributed by atoms with Crippen molar-refractivity contribution in [3.05, 3.63) is 81.2 Å². The zero-order chi connectivity index (χ0) is 24.2. The molecule has 1 aliphatic rings. The van der Waals surface area contributed by atoms with Gasteiger partial charge in [0.2, 0.25) is 0 Å². The van der Waals surface area contributed by atoms with Gasteiger partial charge in [-0.25, -0.2) is 4.68 Å². The molecule has 2 aromatic carbocycles. The van der Waals surface area contributed by atoms with Crippen LogP contribution in [0.5, 0.6) is 0 Å². The molecule has 0 spiro atoms. The lowest BCUT2D eigenvalue weighted by Crippen LogP contribution is -2.43. The average Bonchev–Trinajstić information content (AvgIpc) is 3.18. The summed E-state index contributed by atoms with van der Waals surface area (Å²) >= 11 is 0. The molecule has 0 amide bonds. The van der Waals surface area contributed by atoms with Crippen LogP contribution in [0.4, 0.5) is 0 Å². The fourth-order valence-electron chi connectivity index (χ4n) is 5.58. The van der Waals surface area contributed by atoms with Crippen LogP contribution in [0.1, 0.15) is 72.5 Å². The van der Waals surface area contributed by atoms with Crippen molar-refractivity contribution in [2.75, 3.05) is 13.2 Å². The van der Waals surface area contributed by atoms with E-state index in [9.17, 15) is 0 Å². The fourth-order valence-corrected chi connectivity index (χ4v) is 5.58. The first-order valence-corrected chi connectivity index (χ1v) is 13.1. The quantitative estimate of drug-likeness (QED) is 0.385. The number of rotatable bonds is 9. The van der Waals surface area contributed by atoms with Crippen LogP contribution in [0.25, 0.3) is 5.69 Å². The van der Waals surface area contributed by atoms with Gasteiger partial charge in [-0.05, 0) is 74.3 Å². The lowest BCUT2D eigenvalue weighted by atomic mass is 9.93. The Hall–Kier alpha value is -2.43. The van der Waals surface area contributed by atoms with Crippen molar-refractivity contribution in [2.45, 2.75) is 86.4 Å². The topological polar surface area (TPSA) is 30.3 Å². The Balaban J connectivity index is 1.74.